The maximum atomic E-state index is 12.7. The van der Waals surface area contributed by atoms with Crippen LogP contribution in [0.5, 0.6) is 0 Å². The molecule has 0 bridgehead atoms. The first kappa shape index (κ1) is 18.4. The number of carbonyl (C=O) groups excluding carboxylic acids is 1. The average Bonchev–Trinajstić information content (AvgIpc) is 2.68. The van der Waals surface area contributed by atoms with Crippen molar-refractivity contribution in [2.24, 2.45) is 5.92 Å². The van der Waals surface area contributed by atoms with Crippen LogP contribution in [-0.2, 0) is 6.54 Å². The van der Waals surface area contributed by atoms with E-state index in [9.17, 15) is 9.59 Å². The maximum absolute atomic E-state index is 12.7. The summed E-state index contributed by atoms with van der Waals surface area (Å²) < 4.78 is 1.37. The van der Waals surface area contributed by atoms with Crippen LogP contribution < -0.4 is 10.9 Å². The molecule has 0 saturated carbocycles. The molecule has 27 heavy (non-hydrogen) atoms. The first-order valence-electron chi connectivity index (χ1n) is 8.88. The predicted molar refractivity (Wildman–Crippen MR) is 106 cm³/mol. The molecule has 0 unspecified atom stereocenters. The van der Waals surface area contributed by atoms with E-state index in [0.29, 0.717) is 17.3 Å². The number of fused-ring (bicyclic) bond motifs is 1. The molecule has 2 aromatic carbocycles. The van der Waals surface area contributed by atoms with Crippen LogP contribution in [0.2, 0.25) is 0 Å². The highest BCUT2D eigenvalue weighted by molar-refractivity contribution is 6.04. The monoisotopic (exact) mass is 359 g/mol. The molecule has 0 spiro atoms. The minimum Gasteiger partial charge on any atom is -0.340 e. The second-order valence-corrected chi connectivity index (χ2v) is 6.63. The summed E-state index contributed by atoms with van der Waals surface area (Å²) in [5.74, 6) is 5.82. The molecule has 3 aromatic rings. The quantitative estimate of drug-likeness (QED) is 0.729. The average molecular weight is 359 g/mol. The van der Waals surface area contributed by atoms with E-state index in [4.69, 9.17) is 0 Å². The van der Waals surface area contributed by atoms with Gasteiger partial charge < -0.3 is 5.32 Å². The van der Waals surface area contributed by atoms with Crippen LogP contribution in [0, 0.1) is 17.8 Å². The van der Waals surface area contributed by atoms with Crippen molar-refractivity contribution in [2.45, 2.75) is 20.4 Å². The van der Waals surface area contributed by atoms with Crippen LogP contribution in [0.25, 0.3) is 10.8 Å². The Balaban J connectivity index is 1.86. The number of benzene rings is 2. The molecular weight excluding hydrogens is 338 g/mol. The van der Waals surface area contributed by atoms with Crippen LogP contribution in [0.15, 0.2) is 59.4 Å². The van der Waals surface area contributed by atoms with Gasteiger partial charge in [0.25, 0.3) is 11.5 Å². The van der Waals surface area contributed by atoms with Crippen molar-refractivity contribution in [3.63, 3.8) is 0 Å². The highest BCUT2D eigenvalue weighted by Crippen LogP contribution is 2.13. The Morgan fingerprint density at radius 2 is 1.74 bits per heavy atom. The Morgan fingerprint density at radius 3 is 2.44 bits per heavy atom. The Kier molecular flexibility index (Phi) is 5.68. The fourth-order valence-electron chi connectivity index (χ4n) is 2.75. The third kappa shape index (κ3) is 4.42. The first-order chi connectivity index (χ1) is 13.1. The van der Waals surface area contributed by atoms with Gasteiger partial charge in [0.2, 0.25) is 0 Å². The molecular formula is C22H21N3O2. The number of hydrogen-bond acceptors (Lipinski definition) is 3. The van der Waals surface area contributed by atoms with Crippen LogP contribution in [0.3, 0.4) is 0 Å². The summed E-state index contributed by atoms with van der Waals surface area (Å²) in [5, 5.41) is 8.14. The Hall–Kier alpha value is -3.39. The van der Waals surface area contributed by atoms with E-state index in [1.54, 1.807) is 24.3 Å². The van der Waals surface area contributed by atoms with E-state index < -0.39 is 0 Å². The van der Waals surface area contributed by atoms with Gasteiger partial charge in [0.15, 0.2) is 5.69 Å². The molecule has 1 amide bonds. The molecule has 1 aromatic heterocycles. The number of carbonyl (C=O) groups is 1. The molecule has 0 radical (unpaired) electrons. The second kappa shape index (κ2) is 8.33. The van der Waals surface area contributed by atoms with E-state index >= 15 is 0 Å². The molecule has 0 saturated heterocycles. The Bertz CT molecular complexity index is 1070. The second-order valence-electron chi connectivity index (χ2n) is 6.63. The van der Waals surface area contributed by atoms with Crippen LogP contribution in [0.4, 0.5) is 0 Å². The normalized spacial score (nSPS) is 10.5. The molecule has 0 aliphatic heterocycles. The van der Waals surface area contributed by atoms with Crippen molar-refractivity contribution >= 4 is 16.7 Å². The zero-order valence-electron chi connectivity index (χ0n) is 15.4. The number of aromatic nitrogens is 2. The van der Waals surface area contributed by atoms with Crippen molar-refractivity contribution in [2.75, 3.05) is 6.54 Å². The van der Waals surface area contributed by atoms with E-state index in [2.05, 4.69) is 22.3 Å². The van der Waals surface area contributed by atoms with Gasteiger partial charge in [0.05, 0.1) is 11.9 Å². The lowest BCUT2D eigenvalue weighted by Crippen LogP contribution is -2.31. The van der Waals surface area contributed by atoms with Crippen molar-refractivity contribution in [3.05, 3.63) is 76.2 Å². The lowest BCUT2D eigenvalue weighted by Gasteiger charge is -2.12. The first-order valence-corrected chi connectivity index (χ1v) is 8.88. The molecule has 0 aliphatic carbocycles. The molecule has 3 rings (SSSR count). The summed E-state index contributed by atoms with van der Waals surface area (Å²) in [4.78, 5) is 25.3. The minimum atomic E-state index is -0.342. The number of nitrogens with one attached hydrogen (secondary N) is 1. The SMILES string of the molecule is CC(C)Cn1nc(C(=O)NCC#Cc2ccccc2)c2ccccc2c1=O. The fourth-order valence-corrected chi connectivity index (χ4v) is 2.75. The summed E-state index contributed by atoms with van der Waals surface area (Å²) in [6.07, 6.45) is 0. The van der Waals surface area contributed by atoms with E-state index in [1.165, 1.54) is 4.68 Å². The molecule has 0 aliphatic rings. The summed E-state index contributed by atoms with van der Waals surface area (Å²) in [7, 11) is 0. The molecule has 0 fully saturated rings. The van der Waals surface area contributed by atoms with E-state index in [-0.39, 0.29) is 29.6 Å². The van der Waals surface area contributed by atoms with Gasteiger partial charge in [-0.25, -0.2) is 4.68 Å². The van der Waals surface area contributed by atoms with Crippen LogP contribution in [0.1, 0.15) is 29.9 Å². The zero-order chi connectivity index (χ0) is 19.2. The maximum Gasteiger partial charge on any atom is 0.274 e. The van der Waals surface area contributed by atoms with Crippen molar-refractivity contribution in [3.8, 4) is 11.8 Å². The largest absolute Gasteiger partial charge is 0.340 e. The number of amides is 1. The third-order valence-corrected chi connectivity index (χ3v) is 3.96. The fraction of sp³-hybridized carbons (Fsp3) is 0.227. The third-order valence-electron chi connectivity index (χ3n) is 3.96. The smallest absolute Gasteiger partial charge is 0.274 e. The molecule has 1 N–H and O–H groups in total. The van der Waals surface area contributed by atoms with Crippen LogP contribution >= 0.6 is 0 Å². The van der Waals surface area contributed by atoms with Gasteiger partial charge in [0, 0.05) is 17.5 Å². The predicted octanol–water partition coefficient (Wildman–Crippen LogP) is 2.83. The van der Waals surface area contributed by atoms with Gasteiger partial charge in [-0.3, -0.25) is 9.59 Å². The lowest BCUT2D eigenvalue weighted by molar-refractivity contribution is 0.0953. The van der Waals surface area contributed by atoms with Crippen LogP contribution in [-0.4, -0.2) is 22.2 Å². The Morgan fingerprint density at radius 1 is 1.07 bits per heavy atom. The van der Waals surface area contributed by atoms with Gasteiger partial charge in [-0.15, -0.1) is 0 Å². The van der Waals surface area contributed by atoms with Gasteiger partial charge in [0.1, 0.15) is 0 Å². The Labute approximate surface area is 158 Å². The van der Waals surface area contributed by atoms with Gasteiger partial charge >= 0.3 is 0 Å². The lowest BCUT2D eigenvalue weighted by atomic mass is 10.1. The minimum absolute atomic E-state index is 0.181. The van der Waals surface area contributed by atoms with E-state index in [1.807, 2.05) is 44.2 Å². The standard InChI is InChI=1S/C22H21N3O2/c1-16(2)15-25-22(27)19-13-7-6-12-18(19)20(24-25)21(26)23-14-8-11-17-9-4-3-5-10-17/h3-7,9-10,12-13,16H,14-15H2,1-2H3,(H,23,26). The van der Waals surface area contributed by atoms with Gasteiger partial charge in [-0.1, -0.05) is 62.1 Å². The highest BCUT2D eigenvalue weighted by Gasteiger charge is 2.16. The molecule has 0 atom stereocenters. The molecule has 5 heteroatoms. The summed E-state index contributed by atoms with van der Waals surface area (Å²) in [6, 6.07) is 16.6. The zero-order valence-corrected chi connectivity index (χ0v) is 15.4. The molecule has 136 valence electrons. The summed E-state index contributed by atoms with van der Waals surface area (Å²) in [5.41, 5.74) is 0.952. The highest BCUT2D eigenvalue weighted by atomic mass is 16.2. The molecule has 1 heterocycles. The number of hydrogen-bond donors (Lipinski definition) is 1. The summed E-state index contributed by atoms with van der Waals surface area (Å²) in [6.45, 7) is 4.66. The van der Waals surface area contributed by atoms with Gasteiger partial charge in [-0.05, 0) is 24.1 Å². The number of rotatable bonds is 4. The molecule has 5 nitrogen and oxygen atoms in total. The van der Waals surface area contributed by atoms with Crippen molar-refractivity contribution in [1.29, 1.82) is 0 Å². The van der Waals surface area contributed by atoms with E-state index in [0.717, 1.165) is 5.56 Å². The van der Waals surface area contributed by atoms with Crippen molar-refractivity contribution < 1.29 is 4.79 Å². The number of nitrogens with zero attached hydrogens (tertiary/aromatic N) is 2. The summed E-state index contributed by atoms with van der Waals surface area (Å²) >= 11 is 0. The van der Waals surface area contributed by atoms with Crippen molar-refractivity contribution in [1.82, 2.24) is 15.1 Å². The van der Waals surface area contributed by atoms with Gasteiger partial charge in [-0.2, -0.15) is 5.10 Å². The topological polar surface area (TPSA) is 64.0 Å².